The number of hydrogen-bond donors (Lipinski definition) is 1. The van der Waals surface area contributed by atoms with Gasteiger partial charge in [0.05, 0.1) is 5.60 Å². The molecule has 0 spiro atoms. The molecule has 2 heteroatoms. The van der Waals surface area contributed by atoms with Crippen LogP contribution in [0.4, 0.5) is 0 Å². The maximum Gasteiger partial charge on any atom is 0.0634 e. The fourth-order valence-electron chi connectivity index (χ4n) is 2.46. The molecule has 1 N–H and O–H groups in total. The van der Waals surface area contributed by atoms with E-state index in [4.69, 9.17) is 4.74 Å². The Morgan fingerprint density at radius 3 is 2.56 bits per heavy atom. The summed E-state index contributed by atoms with van der Waals surface area (Å²) in [5.41, 5.74) is 0.0148. The molecule has 0 amide bonds. The van der Waals surface area contributed by atoms with Gasteiger partial charge in [-0.15, -0.1) is 0 Å². The molecule has 96 valence electrons. The second-order valence-corrected chi connectivity index (χ2v) is 5.89. The molecule has 2 atom stereocenters. The van der Waals surface area contributed by atoms with Crippen LogP contribution in [0.15, 0.2) is 0 Å². The summed E-state index contributed by atoms with van der Waals surface area (Å²) in [4.78, 5) is 0. The van der Waals surface area contributed by atoms with Gasteiger partial charge in [-0.2, -0.15) is 0 Å². The fourth-order valence-corrected chi connectivity index (χ4v) is 2.46. The molecule has 0 aromatic heterocycles. The van der Waals surface area contributed by atoms with Crippen molar-refractivity contribution in [3.8, 4) is 0 Å². The zero-order valence-electron chi connectivity index (χ0n) is 11.5. The zero-order valence-corrected chi connectivity index (χ0v) is 11.5. The van der Waals surface area contributed by atoms with Crippen LogP contribution >= 0.6 is 0 Å². The molecule has 1 fully saturated rings. The van der Waals surface area contributed by atoms with Crippen molar-refractivity contribution < 1.29 is 4.74 Å². The summed E-state index contributed by atoms with van der Waals surface area (Å²) in [7, 11) is 1.80. The summed E-state index contributed by atoms with van der Waals surface area (Å²) >= 11 is 0. The van der Waals surface area contributed by atoms with Crippen molar-refractivity contribution in [2.45, 2.75) is 70.9 Å². The predicted molar refractivity (Wildman–Crippen MR) is 69.7 cm³/mol. The summed E-state index contributed by atoms with van der Waals surface area (Å²) in [6.45, 7) is 7.79. The molecule has 0 bridgehead atoms. The third-order valence-corrected chi connectivity index (χ3v) is 4.05. The lowest BCUT2D eigenvalue weighted by molar-refractivity contribution is 0.0149. The van der Waals surface area contributed by atoms with Crippen molar-refractivity contribution in [3.63, 3.8) is 0 Å². The van der Waals surface area contributed by atoms with Gasteiger partial charge in [-0.05, 0) is 45.6 Å². The SMILES string of the molecule is COC(C)(C)CCNC1CCCCCC1C. The van der Waals surface area contributed by atoms with Gasteiger partial charge in [0, 0.05) is 13.2 Å². The van der Waals surface area contributed by atoms with Gasteiger partial charge in [-0.1, -0.05) is 26.2 Å². The molecule has 0 heterocycles. The summed E-state index contributed by atoms with van der Waals surface area (Å²) in [6.07, 6.45) is 8.08. The number of methoxy groups -OCH3 is 1. The Balaban J connectivity index is 2.25. The van der Waals surface area contributed by atoms with E-state index in [0.717, 1.165) is 24.9 Å². The molecule has 0 saturated heterocycles. The largest absolute Gasteiger partial charge is 0.379 e. The Hall–Kier alpha value is -0.0800. The minimum absolute atomic E-state index is 0.0148. The lowest BCUT2D eigenvalue weighted by Gasteiger charge is -2.27. The van der Waals surface area contributed by atoms with Gasteiger partial charge in [0.1, 0.15) is 0 Å². The highest BCUT2D eigenvalue weighted by atomic mass is 16.5. The van der Waals surface area contributed by atoms with Gasteiger partial charge in [-0.3, -0.25) is 0 Å². The molecule has 1 rings (SSSR count). The predicted octanol–water partition coefficient (Wildman–Crippen LogP) is 3.36. The smallest absolute Gasteiger partial charge is 0.0634 e. The van der Waals surface area contributed by atoms with Crippen LogP contribution in [0.25, 0.3) is 0 Å². The van der Waals surface area contributed by atoms with Crippen LogP contribution < -0.4 is 5.32 Å². The van der Waals surface area contributed by atoms with Gasteiger partial charge in [-0.25, -0.2) is 0 Å². The van der Waals surface area contributed by atoms with E-state index in [2.05, 4.69) is 26.1 Å². The third-order valence-electron chi connectivity index (χ3n) is 4.05. The molecule has 0 radical (unpaired) electrons. The summed E-state index contributed by atoms with van der Waals surface area (Å²) in [5, 5.41) is 3.72. The highest BCUT2D eigenvalue weighted by Crippen LogP contribution is 2.23. The van der Waals surface area contributed by atoms with E-state index in [-0.39, 0.29) is 5.60 Å². The zero-order chi connectivity index (χ0) is 12.0. The van der Waals surface area contributed by atoms with E-state index in [9.17, 15) is 0 Å². The van der Waals surface area contributed by atoms with E-state index < -0.39 is 0 Å². The van der Waals surface area contributed by atoms with Gasteiger partial charge < -0.3 is 10.1 Å². The molecule has 0 aliphatic heterocycles. The summed E-state index contributed by atoms with van der Waals surface area (Å²) in [6, 6.07) is 0.732. The van der Waals surface area contributed by atoms with Crippen LogP contribution in [-0.4, -0.2) is 25.3 Å². The Kier molecular flexibility index (Phi) is 5.77. The Bertz CT molecular complexity index is 191. The second kappa shape index (κ2) is 6.61. The molecular weight excluding hydrogens is 198 g/mol. The van der Waals surface area contributed by atoms with Gasteiger partial charge in [0.2, 0.25) is 0 Å². The monoisotopic (exact) mass is 227 g/mol. The molecule has 16 heavy (non-hydrogen) atoms. The average molecular weight is 227 g/mol. The lowest BCUT2D eigenvalue weighted by Crippen LogP contribution is -2.38. The first-order valence-electron chi connectivity index (χ1n) is 6.84. The first-order valence-corrected chi connectivity index (χ1v) is 6.84. The number of nitrogens with one attached hydrogen (secondary N) is 1. The van der Waals surface area contributed by atoms with E-state index in [1.807, 2.05) is 0 Å². The van der Waals surface area contributed by atoms with Crippen molar-refractivity contribution in [2.24, 2.45) is 5.92 Å². The minimum atomic E-state index is 0.0148. The third kappa shape index (κ3) is 4.84. The van der Waals surface area contributed by atoms with Crippen molar-refractivity contribution in [3.05, 3.63) is 0 Å². The molecular formula is C14H29NO. The Labute approximate surface area is 101 Å². The van der Waals surface area contributed by atoms with Crippen LogP contribution in [0.1, 0.15) is 59.3 Å². The van der Waals surface area contributed by atoms with Crippen LogP contribution in [0, 0.1) is 5.92 Å². The van der Waals surface area contributed by atoms with E-state index >= 15 is 0 Å². The second-order valence-electron chi connectivity index (χ2n) is 5.89. The summed E-state index contributed by atoms with van der Waals surface area (Å²) < 4.78 is 5.44. The molecule has 2 nitrogen and oxygen atoms in total. The molecule has 1 aliphatic rings. The van der Waals surface area contributed by atoms with E-state index in [1.54, 1.807) is 7.11 Å². The Morgan fingerprint density at radius 2 is 1.88 bits per heavy atom. The normalized spacial score (nSPS) is 27.8. The summed E-state index contributed by atoms with van der Waals surface area (Å²) in [5.74, 6) is 0.841. The maximum atomic E-state index is 5.44. The van der Waals surface area contributed by atoms with Crippen LogP contribution in [-0.2, 0) is 4.74 Å². The molecule has 2 unspecified atom stereocenters. The van der Waals surface area contributed by atoms with Gasteiger partial charge in [0.15, 0.2) is 0 Å². The highest BCUT2D eigenvalue weighted by Gasteiger charge is 2.21. The van der Waals surface area contributed by atoms with Crippen LogP contribution in [0.3, 0.4) is 0 Å². The number of rotatable bonds is 5. The lowest BCUT2D eigenvalue weighted by atomic mass is 9.96. The number of hydrogen-bond acceptors (Lipinski definition) is 2. The van der Waals surface area contributed by atoms with Crippen molar-refractivity contribution in [1.29, 1.82) is 0 Å². The highest BCUT2D eigenvalue weighted by molar-refractivity contribution is 4.78. The average Bonchev–Trinajstić information content (AvgIpc) is 2.44. The molecule has 1 aliphatic carbocycles. The fraction of sp³-hybridized carbons (Fsp3) is 1.00. The molecule has 1 saturated carbocycles. The van der Waals surface area contributed by atoms with Crippen LogP contribution in [0.5, 0.6) is 0 Å². The molecule has 0 aromatic carbocycles. The first kappa shape index (κ1) is 14.0. The van der Waals surface area contributed by atoms with Gasteiger partial charge >= 0.3 is 0 Å². The van der Waals surface area contributed by atoms with E-state index in [1.165, 1.54) is 32.1 Å². The topological polar surface area (TPSA) is 21.3 Å². The number of ether oxygens (including phenoxy) is 1. The van der Waals surface area contributed by atoms with Crippen molar-refractivity contribution in [2.75, 3.05) is 13.7 Å². The van der Waals surface area contributed by atoms with E-state index in [0.29, 0.717) is 0 Å². The maximum absolute atomic E-state index is 5.44. The quantitative estimate of drug-likeness (QED) is 0.727. The molecule has 0 aromatic rings. The van der Waals surface area contributed by atoms with Crippen molar-refractivity contribution >= 4 is 0 Å². The minimum Gasteiger partial charge on any atom is -0.379 e. The first-order chi connectivity index (χ1) is 7.55. The van der Waals surface area contributed by atoms with Gasteiger partial charge in [0.25, 0.3) is 0 Å². The Morgan fingerprint density at radius 1 is 1.19 bits per heavy atom. The van der Waals surface area contributed by atoms with Crippen LogP contribution in [0.2, 0.25) is 0 Å². The standard InChI is InChI=1S/C14H29NO/c1-12-8-6-5-7-9-13(12)15-11-10-14(2,3)16-4/h12-13,15H,5-11H2,1-4H3. The van der Waals surface area contributed by atoms with Crippen molar-refractivity contribution in [1.82, 2.24) is 5.32 Å².